The summed E-state index contributed by atoms with van der Waals surface area (Å²) in [6.45, 7) is 5.76. The Balaban J connectivity index is 1.12. The molecule has 4 heterocycles. The van der Waals surface area contributed by atoms with E-state index < -0.39 is 17.9 Å². The molecule has 1 saturated carbocycles. The lowest BCUT2D eigenvalue weighted by atomic mass is 9.85. The first kappa shape index (κ1) is 39.3. The van der Waals surface area contributed by atoms with E-state index in [0.717, 1.165) is 47.9 Å². The number of rotatable bonds is 12. The highest BCUT2D eigenvalue weighted by Gasteiger charge is 2.36. The van der Waals surface area contributed by atoms with Crippen LogP contribution in [0.5, 0.6) is 5.88 Å². The number of pyridine rings is 1. The third-order valence-electron chi connectivity index (χ3n) is 10.8. The molecule has 12 nitrogen and oxygen atoms in total. The van der Waals surface area contributed by atoms with Crippen LogP contribution in [0.15, 0.2) is 54.9 Å². The topological polar surface area (TPSA) is 139 Å². The van der Waals surface area contributed by atoms with Crippen molar-refractivity contribution in [3.8, 4) is 28.3 Å². The van der Waals surface area contributed by atoms with Crippen LogP contribution in [-0.2, 0) is 22.6 Å². The van der Waals surface area contributed by atoms with Gasteiger partial charge in [-0.05, 0) is 75.4 Å². The van der Waals surface area contributed by atoms with Crippen LogP contribution in [0.4, 0.5) is 20.3 Å². The summed E-state index contributed by atoms with van der Waals surface area (Å²) >= 11 is 7.14. The number of ether oxygens (including phenoxy) is 2. The Hall–Kier alpha value is -4.89. The molecule has 2 N–H and O–H groups in total. The highest BCUT2D eigenvalue weighted by atomic mass is 35.5. The van der Waals surface area contributed by atoms with E-state index in [1.807, 2.05) is 55.3 Å². The third-order valence-corrected chi connectivity index (χ3v) is 11.2. The average molecular weight is 787 g/mol. The lowest BCUT2D eigenvalue weighted by Crippen LogP contribution is -2.59. The number of likely N-dealkylation sites (tertiary alicyclic amines) is 1. The molecular formula is C41H45ClF2N8O4. The number of halogens is 3. The number of carbonyl (C=O) groups excluding carboxylic acids is 1. The number of hydrogen-bond acceptors (Lipinski definition) is 12. The van der Waals surface area contributed by atoms with Gasteiger partial charge in [-0.1, -0.05) is 41.9 Å². The first-order chi connectivity index (χ1) is 26.8. The van der Waals surface area contributed by atoms with Crippen LogP contribution in [0.25, 0.3) is 33.4 Å². The van der Waals surface area contributed by atoms with Crippen LogP contribution in [0, 0.1) is 12.8 Å². The van der Waals surface area contributed by atoms with Crippen LogP contribution >= 0.6 is 11.6 Å². The van der Waals surface area contributed by atoms with Gasteiger partial charge in [0.2, 0.25) is 5.88 Å². The maximum absolute atomic E-state index is 14.1. The van der Waals surface area contributed by atoms with Gasteiger partial charge in [0.05, 0.1) is 48.2 Å². The minimum absolute atomic E-state index is 0.0469. The number of β-amino-alcohol motifs (C(OH)–C–C–N with tert-alkyl or cyclic N) is 1. The van der Waals surface area contributed by atoms with E-state index in [-0.39, 0.29) is 17.7 Å². The van der Waals surface area contributed by atoms with E-state index in [0.29, 0.717) is 76.8 Å². The number of anilines is 2. The van der Waals surface area contributed by atoms with Gasteiger partial charge < -0.3 is 19.9 Å². The quantitative estimate of drug-likeness (QED) is 0.121. The summed E-state index contributed by atoms with van der Waals surface area (Å²) in [5.74, 6) is -0.232. The molecule has 0 radical (unpaired) electrons. The van der Waals surface area contributed by atoms with Crippen molar-refractivity contribution in [2.45, 2.75) is 70.7 Å². The number of nitrogens with zero attached hydrogens (tertiary/aromatic N) is 7. The van der Waals surface area contributed by atoms with Gasteiger partial charge in [-0.25, -0.2) is 23.7 Å². The van der Waals surface area contributed by atoms with E-state index in [9.17, 15) is 18.7 Å². The second-order valence-corrected chi connectivity index (χ2v) is 15.4. The average Bonchev–Trinajstić information content (AvgIpc) is 3.18. The zero-order valence-corrected chi connectivity index (χ0v) is 32.8. The lowest BCUT2D eigenvalue weighted by Gasteiger charge is -2.44. The van der Waals surface area contributed by atoms with Gasteiger partial charge in [-0.2, -0.15) is 0 Å². The lowest BCUT2D eigenvalue weighted by molar-refractivity contribution is -0.146. The van der Waals surface area contributed by atoms with Crippen LogP contribution in [0.2, 0.25) is 5.02 Å². The Morgan fingerprint density at radius 1 is 1.04 bits per heavy atom. The van der Waals surface area contributed by atoms with Crippen molar-refractivity contribution in [1.82, 2.24) is 34.7 Å². The summed E-state index contributed by atoms with van der Waals surface area (Å²) in [4.78, 5) is 38.7. The summed E-state index contributed by atoms with van der Waals surface area (Å²) in [5.41, 5.74) is 5.61. The number of alkyl halides is 2. The number of carbonyl (C=O) groups is 1. The summed E-state index contributed by atoms with van der Waals surface area (Å²) in [7, 11) is 5.05. The normalized spacial score (nSPS) is 18.3. The number of benzene rings is 2. The summed E-state index contributed by atoms with van der Waals surface area (Å²) < 4.78 is 38.8. The van der Waals surface area contributed by atoms with Gasteiger partial charge in [-0.15, -0.1) is 0 Å². The number of fused-ring (bicyclic) bond motifs is 1. The van der Waals surface area contributed by atoms with Crippen LogP contribution < -0.4 is 10.1 Å². The molecule has 294 valence electrons. The number of esters is 1. The summed E-state index contributed by atoms with van der Waals surface area (Å²) in [5, 5.41) is 13.8. The smallest absolute Gasteiger partial charge is 0.308 e. The number of aromatic nitrogens is 5. The maximum Gasteiger partial charge on any atom is 0.308 e. The highest BCUT2D eigenvalue weighted by molar-refractivity contribution is 6.36. The minimum atomic E-state index is -2.89. The first-order valence-electron chi connectivity index (χ1n) is 18.6. The number of hydrogen-bond donors (Lipinski definition) is 2. The Labute approximate surface area is 329 Å². The van der Waals surface area contributed by atoms with Crippen molar-refractivity contribution >= 4 is 40.1 Å². The maximum atomic E-state index is 14.1. The molecule has 2 fully saturated rings. The molecular weight excluding hydrogens is 742 g/mol. The fourth-order valence-electron chi connectivity index (χ4n) is 7.85. The molecule has 0 unspecified atom stereocenters. The largest absolute Gasteiger partial charge is 0.480 e. The minimum Gasteiger partial charge on any atom is -0.480 e. The third kappa shape index (κ3) is 8.29. The molecule has 2 aromatic carbocycles. The molecule has 7 rings (SSSR count). The van der Waals surface area contributed by atoms with Gasteiger partial charge in [-0.3, -0.25) is 24.6 Å². The Morgan fingerprint density at radius 2 is 1.75 bits per heavy atom. The molecule has 15 heteroatoms. The fourth-order valence-corrected chi connectivity index (χ4v) is 8.17. The number of nitrogens with one attached hydrogen (secondary N) is 1. The van der Waals surface area contributed by atoms with E-state index >= 15 is 0 Å². The molecule has 0 spiro atoms. The van der Waals surface area contributed by atoms with E-state index in [4.69, 9.17) is 31.0 Å². The SMILES string of the molecule is COC(=O)C1CCC(N(C)Cc2ncc(-c3cccc(-c4cccc(Nc5nc(C(F)F)nc6cc(CN7CC(C)(O)C7)cnc56)c4C)c3Cl)nc2OC)CC1. The van der Waals surface area contributed by atoms with Gasteiger partial charge in [0.15, 0.2) is 11.6 Å². The molecule has 1 saturated heterocycles. The first-order valence-corrected chi connectivity index (χ1v) is 18.9. The van der Waals surface area contributed by atoms with E-state index in [1.165, 1.54) is 7.11 Å². The Morgan fingerprint density at radius 3 is 2.45 bits per heavy atom. The molecule has 5 aromatic rings. The number of methoxy groups -OCH3 is 2. The van der Waals surface area contributed by atoms with Gasteiger partial charge in [0.1, 0.15) is 11.2 Å². The van der Waals surface area contributed by atoms with E-state index in [1.54, 1.807) is 32.5 Å². The Bertz CT molecular complexity index is 2240. The monoisotopic (exact) mass is 786 g/mol. The van der Waals surface area contributed by atoms with Crippen molar-refractivity contribution in [3.05, 3.63) is 82.5 Å². The zero-order chi connectivity index (χ0) is 39.7. The molecule has 1 aliphatic heterocycles. The summed E-state index contributed by atoms with van der Waals surface area (Å²) in [6, 6.07) is 13.4. The number of aliphatic hydroxyl groups is 1. The molecule has 0 amide bonds. The van der Waals surface area contributed by atoms with Crippen LogP contribution in [0.1, 0.15) is 61.7 Å². The van der Waals surface area contributed by atoms with Crippen molar-refractivity contribution in [1.29, 1.82) is 0 Å². The van der Waals surface area contributed by atoms with Gasteiger partial charge in [0, 0.05) is 55.2 Å². The standard InChI is InChI=1S/C41H45ClF2N8O4/c1-23-27(8-7-11-30(23)47-37-35-31(48-38(50-37)36(43)44)16-24(17-46-35)19-52-21-41(2,54)22-52)28-9-6-10-29(34(28)42)32-18-45-33(39(49-32)55-4)20-51(3)26-14-12-25(13-15-26)40(53)56-5/h6-11,16-18,25-26,36,54H,12-15,19-22H2,1-5H3,(H,47,48,50). The van der Waals surface area contributed by atoms with Crippen molar-refractivity contribution in [3.63, 3.8) is 0 Å². The van der Waals surface area contributed by atoms with Gasteiger partial charge >= 0.3 is 5.97 Å². The van der Waals surface area contributed by atoms with Crippen molar-refractivity contribution in [2.75, 3.05) is 39.7 Å². The molecule has 0 bridgehead atoms. The predicted octanol–water partition coefficient (Wildman–Crippen LogP) is 7.53. The second-order valence-electron chi connectivity index (χ2n) is 15.0. The fraction of sp³-hybridized carbons (Fsp3) is 0.415. The molecule has 1 aliphatic carbocycles. The Kier molecular flexibility index (Phi) is 11.5. The van der Waals surface area contributed by atoms with Crippen LogP contribution in [-0.4, -0.2) is 91.8 Å². The molecule has 3 aromatic heterocycles. The van der Waals surface area contributed by atoms with Gasteiger partial charge in [0.25, 0.3) is 6.43 Å². The highest BCUT2D eigenvalue weighted by Crippen LogP contribution is 2.40. The van der Waals surface area contributed by atoms with Crippen molar-refractivity contribution < 1.29 is 28.2 Å². The molecule has 2 aliphatic rings. The molecule has 0 atom stereocenters. The predicted molar refractivity (Wildman–Crippen MR) is 210 cm³/mol. The van der Waals surface area contributed by atoms with Crippen LogP contribution in [0.3, 0.4) is 0 Å². The van der Waals surface area contributed by atoms with E-state index in [2.05, 4.69) is 25.2 Å². The zero-order valence-electron chi connectivity index (χ0n) is 32.0. The van der Waals surface area contributed by atoms with Crippen molar-refractivity contribution in [2.24, 2.45) is 5.92 Å². The summed E-state index contributed by atoms with van der Waals surface area (Å²) in [6.07, 6.45) is 3.84. The molecule has 56 heavy (non-hydrogen) atoms. The second kappa shape index (κ2) is 16.3.